The molecule has 2 atom stereocenters. The average molecular weight is 302 g/mol. The molecule has 0 aliphatic heterocycles. The number of aliphatic hydroxyl groups excluding tert-OH is 1. The average Bonchev–Trinajstić information content (AvgIpc) is 2.69. The molecular formula is C20H30O2. The molecule has 1 saturated carbocycles. The summed E-state index contributed by atoms with van der Waals surface area (Å²) in [5, 5.41) is 9.56. The van der Waals surface area contributed by atoms with Gasteiger partial charge in [0.05, 0.1) is 6.61 Å². The van der Waals surface area contributed by atoms with Crippen LogP contribution < -0.4 is 0 Å². The van der Waals surface area contributed by atoms with Gasteiger partial charge in [-0.3, -0.25) is 4.79 Å². The second kappa shape index (κ2) is 6.95. The van der Waals surface area contributed by atoms with Crippen molar-refractivity contribution in [1.82, 2.24) is 0 Å². The SMILES string of the molecule is CC(C)=C1C(=O)C[C@@]2(C)C/C=C(/CO)CC/C=C(\C)CC[C@H]12. The predicted molar refractivity (Wildman–Crippen MR) is 91.6 cm³/mol. The van der Waals surface area contributed by atoms with Crippen LogP contribution >= 0.6 is 0 Å². The molecular weight excluding hydrogens is 272 g/mol. The normalized spacial score (nSPS) is 35.0. The van der Waals surface area contributed by atoms with Gasteiger partial charge in [0.1, 0.15) is 0 Å². The zero-order valence-corrected chi connectivity index (χ0v) is 14.5. The summed E-state index contributed by atoms with van der Waals surface area (Å²) in [6, 6.07) is 0. The van der Waals surface area contributed by atoms with Gasteiger partial charge >= 0.3 is 0 Å². The molecule has 2 aliphatic carbocycles. The number of hydrogen-bond donors (Lipinski definition) is 1. The molecule has 22 heavy (non-hydrogen) atoms. The molecule has 0 spiro atoms. The third-order valence-corrected chi connectivity index (χ3v) is 5.44. The third kappa shape index (κ3) is 3.60. The molecule has 0 radical (unpaired) electrons. The van der Waals surface area contributed by atoms with Gasteiger partial charge in [0.25, 0.3) is 0 Å². The highest BCUT2D eigenvalue weighted by molar-refractivity contribution is 5.99. The van der Waals surface area contributed by atoms with Gasteiger partial charge < -0.3 is 5.11 Å². The zero-order valence-electron chi connectivity index (χ0n) is 14.5. The maximum absolute atomic E-state index is 12.5. The fourth-order valence-electron chi connectivity index (χ4n) is 4.06. The van der Waals surface area contributed by atoms with Gasteiger partial charge in [0.2, 0.25) is 0 Å². The van der Waals surface area contributed by atoms with Crippen molar-refractivity contribution in [3.8, 4) is 0 Å². The van der Waals surface area contributed by atoms with Gasteiger partial charge in [-0.2, -0.15) is 0 Å². The van der Waals surface area contributed by atoms with Crippen LogP contribution in [0.4, 0.5) is 0 Å². The molecule has 0 saturated heterocycles. The van der Waals surface area contributed by atoms with Crippen molar-refractivity contribution in [2.75, 3.05) is 6.61 Å². The van der Waals surface area contributed by atoms with Crippen LogP contribution in [0.2, 0.25) is 0 Å². The van der Waals surface area contributed by atoms with Crippen LogP contribution in [0.15, 0.2) is 34.4 Å². The number of fused-ring (bicyclic) bond motifs is 1. The lowest BCUT2D eigenvalue weighted by atomic mass is 9.72. The molecule has 2 nitrogen and oxygen atoms in total. The zero-order chi connectivity index (χ0) is 16.3. The van der Waals surface area contributed by atoms with Gasteiger partial charge in [0, 0.05) is 6.42 Å². The molecule has 2 aliphatic rings. The van der Waals surface area contributed by atoms with Gasteiger partial charge in [-0.1, -0.05) is 30.2 Å². The van der Waals surface area contributed by atoms with Crippen molar-refractivity contribution >= 4 is 5.78 Å². The van der Waals surface area contributed by atoms with E-state index < -0.39 is 0 Å². The van der Waals surface area contributed by atoms with Crippen molar-refractivity contribution in [3.63, 3.8) is 0 Å². The van der Waals surface area contributed by atoms with Crippen molar-refractivity contribution in [2.24, 2.45) is 11.3 Å². The summed E-state index contributed by atoms with van der Waals surface area (Å²) in [6.45, 7) is 8.73. The monoisotopic (exact) mass is 302 g/mol. The summed E-state index contributed by atoms with van der Waals surface area (Å²) in [4.78, 5) is 12.5. The van der Waals surface area contributed by atoms with Crippen LogP contribution in [-0.2, 0) is 4.79 Å². The summed E-state index contributed by atoms with van der Waals surface area (Å²) >= 11 is 0. The van der Waals surface area contributed by atoms with E-state index in [4.69, 9.17) is 0 Å². The number of carbonyl (C=O) groups is 1. The Bertz CT molecular complexity index is 532. The predicted octanol–water partition coefficient (Wildman–Crippen LogP) is 4.75. The summed E-state index contributed by atoms with van der Waals surface area (Å²) < 4.78 is 0. The molecule has 0 unspecified atom stereocenters. The third-order valence-electron chi connectivity index (χ3n) is 5.44. The van der Waals surface area contributed by atoms with Gasteiger partial charge in [-0.25, -0.2) is 0 Å². The first-order chi connectivity index (χ1) is 10.4. The topological polar surface area (TPSA) is 37.3 Å². The molecule has 0 amide bonds. The number of aliphatic hydroxyl groups is 1. The Balaban J connectivity index is 2.40. The lowest BCUT2D eigenvalue weighted by Gasteiger charge is -2.31. The Labute approximate surface area is 135 Å². The van der Waals surface area contributed by atoms with E-state index in [1.165, 1.54) is 11.1 Å². The number of hydrogen-bond acceptors (Lipinski definition) is 2. The maximum atomic E-state index is 12.5. The van der Waals surface area contributed by atoms with E-state index >= 15 is 0 Å². The first kappa shape index (κ1) is 17.2. The van der Waals surface area contributed by atoms with Gasteiger partial charge in [-0.15, -0.1) is 0 Å². The molecule has 1 fully saturated rings. The van der Waals surface area contributed by atoms with E-state index in [0.29, 0.717) is 18.1 Å². The quantitative estimate of drug-likeness (QED) is 0.561. The van der Waals surface area contributed by atoms with Crippen LogP contribution in [0.5, 0.6) is 0 Å². The van der Waals surface area contributed by atoms with E-state index in [2.05, 4.69) is 39.8 Å². The summed E-state index contributed by atoms with van der Waals surface area (Å²) in [7, 11) is 0. The molecule has 2 heteroatoms. The highest BCUT2D eigenvalue weighted by Gasteiger charge is 2.46. The Morgan fingerprint density at radius 1 is 1.32 bits per heavy atom. The smallest absolute Gasteiger partial charge is 0.159 e. The van der Waals surface area contributed by atoms with E-state index in [0.717, 1.165) is 43.3 Å². The number of allylic oxidation sites excluding steroid dienone is 5. The molecule has 1 N–H and O–H groups in total. The second-order valence-electron chi connectivity index (χ2n) is 7.57. The van der Waals surface area contributed by atoms with Crippen LogP contribution in [0.1, 0.15) is 66.2 Å². The first-order valence-corrected chi connectivity index (χ1v) is 8.52. The molecule has 0 aromatic heterocycles. The van der Waals surface area contributed by atoms with Gasteiger partial charge in [0.15, 0.2) is 5.78 Å². The number of carbonyl (C=O) groups excluding carboxylic acids is 1. The molecule has 0 aromatic rings. The fraction of sp³-hybridized carbons (Fsp3) is 0.650. The largest absolute Gasteiger partial charge is 0.392 e. The van der Waals surface area contributed by atoms with Crippen LogP contribution in [-0.4, -0.2) is 17.5 Å². The van der Waals surface area contributed by atoms with Crippen LogP contribution in [0.3, 0.4) is 0 Å². The Kier molecular flexibility index (Phi) is 5.44. The van der Waals surface area contributed by atoms with Crippen LogP contribution in [0.25, 0.3) is 0 Å². The van der Waals surface area contributed by atoms with Crippen molar-refractivity contribution in [1.29, 1.82) is 0 Å². The molecule has 2 rings (SSSR count). The Hall–Kier alpha value is -1.15. The Morgan fingerprint density at radius 2 is 2.05 bits per heavy atom. The summed E-state index contributed by atoms with van der Waals surface area (Å²) in [6.07, 6.45) is 10.1. The standard InChI is InChI=1S/C20H30O2/c1-14(2)19-17-9-8-15(3)6-5-7-16(13-21)10-11-20(17,4)12-18(19)22/h6,10,17,21H,5,7-9,11-13H2,1-4H3/b15-6+,16-10+/t17-,20-/m1/s1. The summed E-state index contributed by atoms with van der Waals surface area (Å²) in [5.41, 5.74) is 4.79. The minimum absolute atomic E-state index is 0.00866. The van der Waals surface area contributed by atoms with E-state index in [1.54, 1.807) is 0 Å². The lowest BCUT2D eigenvalue weighted by molar-refractivity contribution is -0.115. The van der Waals surface area contributed by atoms with E-state index in [1.807, 2.05) is 0 Å². The maximum Gasteiger partial charge on any atom is 0.159 e. The number of Topliss-reactive ketones (excluding diaryl/α,β-unsaturated/α-hetero) is 1. The lowest BCUT2D eigenvalue weighted by Crippen LogP contribution is -2.22. The summed E-state index contributed by atoms with van der Waals surface area (Å²) in [5.74, 6) is 0.688. The van der Waals surface area contributed by atoms with Crippen molar-refractivity contribution < 1.29 is 9.90 Å². The molecule has 0 heterocycles. The highest BCUT2D eigenvalue weighted by Crippen LogP contribution is 2.51. The highest BCUT2D eigenvalue weighted by atomic mass is 16.3. The minimum Gasteiger partial charge on any atom is -0.392 e. The minimum atomic E-state index is 0.00866. The second-order valence-corrected chi connectivity index (χ2v) is 7.57. The fourth-order valence-corrected chi connectivity index (χ4v) is 4.06. The van der Waals surface area contributed by atoms with Gasteiger partial charge in [-0.05, 0) is 75.4 Å². The molecule has 122 valence electrons. The number of ketones is 1. The molecule has 0 aromatic carbocycles. The molecule has 0 bridgehead atoms. The number of rotatable bonds is 1. The van der Waals surface area contributed by atoms with E-state index in [-0.39, 0.29) is 12.0 Å². The van der Waals surface area contributed by atoms with Crippen LogP contribution in [0, 0.1) is 11.3 Å². The van der Waals surface area contributed by atoms with E-state index in [9.17, 15) is 9.90 Å². The van der Waals surface area contributed by atoms with Crippen molar-refractivity contribution in [3.05, 3.63) is 34.4 Å². The first-order valence-electron chi connectivity index (χ1n) is 8.52. The van der Waals surface area contributed by atoms with Crippen molar-refractivity contribution in [2.45, 2.75) is 66.2 Å². The Morgan fingerprint density at radius 3 is 2.68 bits per heavy atom.